The highest BCUT2D eigenvalue weighted by Gasteiger charge is 2.38. The van der Waals surface area contributed by atoms with E-state index in [0.717, 1.165) is 35.2 Å². The van der Waals surface area contributed by atoms with Gasteiger partial charge >= 0.3 is 12.0 Å². The number of urea groups is 1. The SMILES string of the molecule is COc1ccc(NC(=O)Nc2ccc(C3C(C(=O)OCC(C)C)=C(C)N=C4SCCCN43)cc2)cc1. The van der Waals surface area contributed by atoms with Crippen LogP contribution in [0.5, 0.6) is 5.75 Å². The fourth-order valence-corrected chi connectivity index (χ4v) is 5.13. The standard InChI is InChI=1S/C27H32N4O4S/c1-17(2)16-35-25(32)23-18(3)28-27-31(14-5-15-36-27)24(23)19-6-8-20(9-7-19)29-26(33)30-21-10-12-22(34-4)13-11-21/h6-13,17,24H,5,14-16H2,1-4H3,(H2,29,30,33). The number of ether oxygens (including phenoxy) is 2. The van der Waals surface area contributed by atoms with Crippen molar-refractivity contribution >= 4 is 40.3 Å². The number of carbonyl (C=O) groups excluding carboxylic acids is 2. The average molecular weight is 509 g/mol. The number of carbonyl (C=O) groups is 2. The van der Waals surface area contributed by atoms with Crippen LogP contribution in [-0.4, -0.2) is 48.1 Å². The summed E-state index contributed by atoms with van der Waals surface area (Å²) in [7, 11) is 1.60. The molecule has 0 aromatic heterocycles. The molecule has 2 aromatic carbocycles. The van der Waals surface area contributed by atoms with E-state index in [1.807, 2.05) is 45.0 Å². The van der Waals surface area contributed by atoms with E-state index in [0.29, 0.717) is 29.3 Å². The number of esters is 1. The zero-order valence-corrected chi connectivity index (χ0v) is 21.9. The monoisotopic (exact) mass is 508 g/mol. The Kier molecular flexibility index (Phi) is 8.20. The van der Waals surface area contributed by atoms with E-state index in [4.69, 9.17) is 14.5 Å². The van der Waals surface area contributed by atoms with E-state index in [1.165, 1.54) is 0 Å². The third kappa shape index (κ3) is 6.02. The minimum Gasteiger partial charge on any atom is -0.497 e. The molecule has 36 heavy (non-hydrogen) atoms. The number of allylic oxidation sites excluding steroid dienone is 1. The molecule has 0 saturated carbocycles. The van der Waals surface area contributed by atoms with Gasteiger partial charge in [0.2, 0.25) is 0 Å². The van der Waals surface area contributed by atoms with Gasteiger partial charge in [-0.15, -0.1) is 0 Å². The number of amides is 2. The van der Waals surface area contributed by atoms with E-state index < -0.39 is 0 Å². The summed E-state index contributed by atoms with van der Waals surface area (Å²) in [6, 6.07) is 14.1. The summed E-state index contributed by atoms with van der Waals surface area (Å²) in [5.41, 5.74) is 3.51. The van der Waals surface area contributed by atoms with Gasteiger partial charge in [0, 0.05) is 23.7 Å². The van der Waals surface area contributed by atoms with Crippen molar-refractivity contribution in [2.24, 2.45) is 10.9 Å². The largest absolute Gasteiger partial charge is 0.497 e. The van der Waals surface area contributed by atoms with Gasteiger partial charge in [-0.05, 0) is 61.2 Å². The molecule has 1 atom stereocenters. The summed E-state index contributed by atoms with van der Waals surface area (Å²) in [6.45, 7) is 7.08. The molecule has 1 unspecified atom stereocenters. The van der Waals surface area contributed by atoms with Gasteiger partial charge in [-0.2, -0.15) is 0 Å². The lowest BCUT2D eigenvalue weighted by molar-refractivity contribution is -0.140. The molecule has 0 bridgehead atoms. The zero-order chi connectivity index (χ0) is 25.7. The van der Waals surface area contributed by atoms with E-state index in [-0.39, 0.29) is 24.0 Å². The molecule has 2 aromatic rings. The van der Waals surface area contributed by atoms with Crippen LogP contribution in [0, 0.1) is 5.92 Å². The smallest absolute Gasteiger partial charge is 0.338 e. The maximum absolute atomic E-state index is 13.1. The van der Waals surface area contributed by atoms with Gasteiger partial charge in [-0.3, -0.25) is 0 Å². The number of nitrogens with zero attached hydrogens (tertiary/aromatic N) is 2. The Balaban J connectivity index is 1.52. The number of nitrogens with one attached hydrogen (secondary N) is 2. The third-order valence-corrected chi connectivity index (χ3v) is 6.94. The lowest BCUT2D eigenvalue weighted by Crippen LogP contribution is -2.42. The molecule has 2 amide bonds. The van der Waals surface area contributed by atoms with Crippen molar-refractivity contribution in [1.29, 1.82) is 0 Å². The normalized spacial score (nSPS) is 17.3. The second-order valence-corrected chi connectivity index (χ2v) is 10.2. The Morgan fingerprint density at radius 2 is 1.72 bits per heavy atom. The first-order chi connectivity index (χ1) is 17.4. The summed E-state index contributed by atoms with van der Waals surface area (Å²) >= 11 is 1.71. The molecule has 1 fully saturated rings. The number of benzene rings is 2. The van der Waals surface area contributed by atoms with Gasteiger partial charge in [0.05, 0.1) is 31.0 Å². The maximum atomic E-state index is 13.1. The first-order valence-corrected chi connectivity index (χ1v) is 13.0. The second kappa shape index (κ2) is 11.5. The van der Waals surface area contributed by atoms with Gasteiger partial charge in [-0.25, -0.2) is 14.6 Å². The van der Waals surface area contributed by atoms with E-state index in [2.05, 4.69) is 15.5 Å². The lowest BCUT2D eigenvalue weighted by Gasteiger charge is -2.40. The van der Waals surface area contributed by atoms with Gasteiger partial charge in [0.15, 0.2) is 5.17 Å². The van der Waals surface area contributed by atoms with Crippen LogP contribution in [0.25, 0.3) is 0 Å². The summed E-state index contributed by atoms with van der Waals surface area (Å²) in [5, 5.41) is 6.60. The molecule has 2 aliphatic heterocycles. The van der Waals surface area contributed by atoms with Gasteiger partial charge in [0.1, 0.15) is 5.75 Å². The Labute approximate surface area is 216 Å². The maximum Gasteiger partial charge on any atom is 0.338 e. The zero-order valence-electron chi connectivity index (χ0n) is 21.0. The van der Waals surface area contributed by atoms with Crippen molar-refractivity contribution in [2.75, 3.05) is 36.6 Å². The fraction of sp³-hybridized carbons (Fsp3) is 0.370. The van der Waals surface area contributed by atoms with Crippen molar-refractivity contribution in [3.8, 4) is 5.75 Å². The van der Waals surface area contributed by atoms with Gasteiger partial charge in [0.25, 0.3) is 0 Å². The van der Waals surface area contributed by atoms with Crippen LogP contribution in [0.4, 0.5) is 16.2 Å². The average Bonchev–Trinajstić information content (AvgIpc) is 2.87. The number of fused-ring (bicyclic) bond motifs is 1. The van der Waals surface area contributed by atoms with Crippen LogP contribution >= 0.6 is 11.8 Å². The molecule has 4 rings (SSSR count). The van der Waals surface area contributed by atoms with Gasteiger partial charge < -0.3 is 25.0 Å². The second-order valence-electron chi connectivity index (χ2n) is 9.11. The van der Waals surface area contributed by atoms with Crippen molar-refractivity contribution in [3.05, 3.63) is 65.4 Å². The van der Waals surface area contributed by atoms with Crippen LogP contribution < -0.4 is 15.4 Å². The number of hydrogen-bond acceptors (Lipinski definition) is 7. The molecule has 0 aliphatic carbocycles. The number of aliphatic imine (C=N–C) groups is 1. The number of methoxy groups -OCH3 is 1. The molecule has 2 heterocycles. The van der Waals surface area contributed by atoms with Crippen molar-refractivity contribution in [2.45, 2.75) is 33.2 Å². The quantitative estimate of drug-likeness (QED) is 0.469. The molecule has 2 aliphatic rings. The predicted molar refractivity (Wildman–Crippen MR) is 145 cm³/mol. The fourth-order valence-electron chi connectivity index (χ4n) is 4.11. The topological polar surface area (TPSA) is 92.3 Å². The highest BCUT2D eigenvalue weighted by Crippen LogP contribution is 2.40. The molecule has 9 heteroatoms. The summed E-state index contributed by atoms with van der Waals surface area (Å²) in [4.78, 5) is 32.5. The summed E-state index contributed by atoms with van der Waals surface area (Å²) in [5.74, 6) is 1.65. The Bertz CT molecular complexity index is 1160. The molecule has 190 valence electrons. The molecule has 1 saturated heterocycles. The molecular weight excluding hydrogens is 476 g/mol. The molecule has 0 spiro atoms. The minimum atomic E-state index is -0.346. The van der Waals surface area contributed by atoms with E-state index in [9.17, 15) is 9.59 Å². The summed E-state index contributed by atoms with van der Waals surface area (Å²) in [6.07, 6.45) is 1.01. The van der Waals surface area contributed by atoms with Gasteiger partial charge in [-0.1, -0.05) is 37.7 Å². The highest BCUT2D eigenvalue weighted by molar-refractivity contribution is 8.13. The first kappa shape index (κ1) is 25.6. The molecule has 8 nitrogen and oxygen atoms in total. The Morgan fingerprint density at radius 1 is 1.08 bits per heavy atom. The van der Waals surface area contributed by atoms with Crippen LogP contribution in [-0.2, 0) is 9.53 Å². The van der Waals surface area contributed by atoms with Crippen LogP contribution in [0.15, 0.2) is 64.8 Å². The number of hydrogen-bond donors (Lipinski definition) is 2. The predicted octanol–water partition coefficient (Wildman–Crippen LogP) is 5.66. The third-order valence-electron chi connectivity index (χ3n) is 5.86. The molecular formula is C27H32N4O4S. The van der Waals surface area contributed by atoms with Crippen LogP contribution in [0.2, 0.25) is 0 Å². The Morgan fingerprint density at radius 3 is 2.33 bits per heavy atom. The van der Waals surface area contributed by atoms with E-state index in [1.54, 1.807) is 43.1 Å². The van der Waals surface area contributed by atoms with Crippen LogP contribution in [0.3, 0.4) is 0 Å². The number of amidine groups is 1. The first-order valence-electron chi connectivity index (χ1n) is 12.0. The highest BCUT2D eigenvalue weighted by atomic mass is 32.2. The van der Waals surface area contributed by atoms with Crippen molar-refractivity contribution < 1.29 is 19.1 Å². The number of rotatable bonds is 7. The molecule has 2 N–H and O–H groups in total. The minimum absolute atomic E-state index is 0.246. The van der Waals surface area contributed by atoms with Crippen molar-refractivity contribution in [1.82, 2.24) is 4.90 Å². The number of anilines is 2. The lowest BCUT2D eigenvalue weighted by atomic mass is 9.94. The van der Waals surface area contributed by atoms with E-state index >= 15 is 0 Å². The number of thioether (sulfide) groups is 1. The van der Waals surface area contributed by atoms with Crippen LogP contribution in [0.1, 0.15) is 38.8 Å². The summed E-state index contributed by atoms with van der Waals surface area (Å²) < 4.78 is 10.8. The Hall–Kier alpha value is -3.46. The van der Waals surface area contributed by atoms with Crippen molar-refractivity contribution in [3.63, 3.8) is 0 Å². The molecule has 0 radical (unpaired) electrons.